The lowest BCUT2D eigenvalue weighted by Crippen LogP contribution is -2.56. The lowest BCUT2D eigenvalue weighted by Gasteiger charge is -2.49. The molecule has 2 N–H and O–H groups in total. The molecule has 0 saturated carbocycles. The zero-order valence-corrected chi connectivity index (χ0v) is 20.3. The predicted molar refractivity (Wildman–Crippen MR) is 132 cm³/mol. The normalized spacial score (nSPS) is 21.3. The Morgan fingerprint density at radius 2 is 1.91 bits per heavy atom. The second-order valence-corrected chi connectivity index (χ2v) is 9.40. The average Bonchev–Trinajstić information content (AvgIpc) is 2.82. The molecule has 0 aliphatic carbocycles. The number of rotatable bonds is 7. The molecule has 0 amide bonds. The molecule has 2 aromatic rings. The number of anilines is 1. The van der Waals surface area contributed by atoms with Gasteiger partial charge in [0, 0.05) is 43.5 Å². The monoisotopic (exact) mass is 457 g/mol. The Hall–Kier alpha value is -1.95. The number of halogens is 1. The number of fused-ring (bicyclic) bond motifs is 1. The van der Waals surface area contributed by atoms with Gasteiger partial charge in [-0.3, -0.25) is 4.90 Å². The molecule has 2 fully saturated rings. The fraction of sp³-hybridized carbons (Fsp3) is 0.538. The Morgan fingerprint density at radius 3 is 2.69 bits per heavy atom. The second-order valence-electron chi connectivity index (χ2n) is 9.00. The van der Waals surface area contributed by atoms with Crippen LogP contribution in [0.5, 0.6) is 11.5 Å². The van der Waals surface area contributed by atoms with Crippen molar-refractivity contribution in [1.29, 1.82) is 0 Å². The van der Waals surface area contributed by atoms with Crippen LogP contribution in [0.3, 0.4) is 0 Å². The SMILES string of the molecule is COc1cc(N2CCN3C(c4ccc(OCCCN)c(C)c4C)CCC[C@H]3C2)ccc1Cl. The first kappa shape index (κ1) is 23.2. The summed E-state index contributed by atoms with van der Waals surface area (Å²) in [6.45, 7) is 8.89. The van der Waals surface area contributed by atoms with Crippen LogP contribution in [-0.2, 0) is 0 Å². The minimum Gasteiger partial charge on any atom is -0.495 e. The van der Waals surface area contributed by atoms with Gasteiger partial charge in [-0.1, -0.05) is 17.7 Å². The highest BCUT2D eigenvalue weighted by molar-refractivity contribution is 6.32. The number of benzene rings is 2. The zero-order chi connectivity index (χ0) is 22.7. The van der Waals surface area contributed by atoms with Crippen LogP contribution in [0.4, 0.5) is 5.69 Å². The molecule has 2 aliphatic rings. The van der Waals surface area contributed by atoms with Gasteiger partial charge in [0.1, 0.15) is 11.5 Å². The highest BCUT2D eigenvalue weighted by Gasteiger charge is 2.36. The third kappa shape index (κ3) is 4.70. The molecule has 0 radical (unpaired) electrons. The van der Waals surface area contributed by atoms with Crippen molar-refractivity contribution in [3.05, 3.63) is 52.0 Å². The van der Waals surface area contributed by atoms with Gasteiger partial charge in [0.25, 0.3) is 0 Å². The Balaban J connectivity index is 1.50. The molecule has 0 aromatic heterocycles. The average molecular weight is 458 g/mol. The van der Waals surface area contributed by atoms with Crippen LogP contribution in [0.1, 0.15) is 48.4 Å². The third-order valence-corrected chi connectivity index (χ3v) is 7.50. The Bertz CT molecular complexity index is 936. The molecule has 2 aliphatic heterocycles. The maximum atomic E-state index is 6.24. The number of nitrogens with two attached hydrogens (primary N) is 1. The Kier molecular flexibility index (Phi) is 7.49. The highest BCUT2D eigenvalue weighted by atomic mass is 35.5. The van der Waals surface area contributed by atoms with Crippen molar-refractivity contribution in [3.63, 3.8) is 0 Å². The lowest BCUT2D eigenvalue weighted by molar-refractivity contribution is 0.0712. The summed E-state index contributed by atoms with van der Waals surface area (Å²) in [5, 5.41) is 0.661. The van der Waals surface area contributed by atoms with Gasteiger partial charge in [-0.25, -0.2) is 0 Å². The molecule has 1 unspecified atom stereocenters. The first-order valence-corrected chi connectivity index (χ1v) is 12.2. The van der Waals surface area contributed by atoms with Gasteiger partial charge in [-0.15, -0.1) is 0 Å². The summed E-state index contributed by atoms with van der Waals surface area (Å²) < 4.78 is 11.4. The van der Waals surface area contributed by atoms with E-state index in [2.05, 4.69) is 47.9 Å². The van der Waals surface area contributed by atoms with Crippen molar-refractivity contribution < 1.29 is 9.47 Å². The molecule has 2 heterocycles. The van der Waals surface area contributed by atoms with Gasteiger partial charge in [0.15, 0.2) is 0 Å². The summed E-state index contributed by atoms with van der Waals surface area (Å²) in [4.78, 5) is 5.22. The molecule has 4 rings (SSSR count). The van der Waals surface area contributed by atoms with Crippen LogP contribution in [-0.4, -0.2) is 50.8 Å². The van der Waals surface area contributed by atoms with Crippen molar-refractivity contribution in [2.75, 3.05) is 44.8 Å². The van der Waals surface area contributed by atoms with Crippen molar-refractivity contribution in [3.8, 4) is 11.5 Å². The first-order chi connectivity index (χ1) is 15.5. The number of piperazine rings is 1. The molecule has 174 valence electrons. The first-order valence-electron chi connectivity index (χ1n) is 11.8. The van der Waals surface area contributed by atoms with Crippen molar-refractivity contribution >= 4 is 17.3 Å². The summed E-state index contributed by atoms with van der Waals surface area (Å²) in [6.07, 6.45) is 4.61. The molecule has 6 heteroatoms. The number of hydrogen-bond donors (Lipinski definition) is 1. The maximum Gasteiger partial charge on any atom is 0.139 e. The summed E-state index contributed by atoms with van der Waals surface area (Å²) >= 11 is 6.24. The molecule has 2 aromatic carbocycles. The summed E-state index contributed by atoms with van der Waals surface area (Å²) in [5.74, 6) is 1.74. The van der Waals surface area contributed by atoms with Crippen LogP contribution in [0.25, 0.3) is 0 Å². The molecular formula is C26H36ClN3O2. The molecule has 0 spiro atoms. The van der Waals surface area contributed by atoms with E-state index in [9.17, 15) is 0 Å². The van der Waals surface area contributed by atoms with E-state index >= 15 is 0 Å². The molecule has 2 saturated heterocycles. The summed E-state index contributed by atoms with van der Waals surface area (Å²) in [7, 11) is 1.67. The molecule has 0 bridgehead atoms. The highest BCUT2D eigenvalue weighted by Crippen LogP contribution is 2.40. The van der Waals surface area contributed by atoms with Gasteiger partial charge < -0.3 is 20.1 Å². The van der Waals surface area contributed by atoms with E-state index < -0.39 is 0 Å². The quantitative estimate of drug-likeness (QED) is 0.585. The minimum absolute atomic E-state index is 0.479. The lowest BCUT2D eigenvalue weighted by atomic mass is 9.86. The van der Waals surface area contributed by atoms with Gasteiger partial charge in [-0.2, -0.15) is 0 Å². The maximum absolute atomic E-state index is 6.24. The fourth-order valence-corrected chi connectivity index (χ4v) is 5.46. The number of ether oxygens (including phenoxy) is 2. The largest absolute Gasteiger partial charge is 0.495 e. The van der Waals surface area contributed by atoms with Crippen molar-refractivity contribution in [2.45, 2.75) is 51.6 Å². The van der Waals surface area contributed by atoms with Crippen LogP contribution in [0.15, 0.2) is 30.3 Å². The zero-order valence-electron chi connectivity index (χ0n) is 19.6. The second kappa shape index (κ2) is 10.3. The van der Waals surface area contributed by atoms with E-state index in [1.165, 1.54) is 41.6 Å². The van der Waals surface area contributed by atoms with Gasteiger partial charge >= 0.3 is 0 Å². The van der Waals surface area contributed by atoms with E-state index in [1.54, 1.807) is 7.11 Å². The summed E-state index contributed by atoms with van der Waals surface area (Å²) in [6, 6.07) is 11.6. The van der Waals surface area contributed by atoms with E-state index in [0.717, 1.165) is 37.6 Å². The van der Waals surface area contributed by atoms with Crippen molar-refractivity contribution in [2.24, 2.45) is 5.73 Å². The van der Waals surface area contributed by atoms with E-state index in [-0.39, 0.29) is 0 Å². The molecule has 5 nitrogen and oxygen atoms in total. The van der Waals surface area contributed by atoms with Gasteiger partial charge in [-0.05, 0) is 81.0 Å². The number of nitrogens with zero attached hydrogens (tertiary/aromatic N) is 2. The van der Waals surface area contributed by atoms with E-state index in [0.29, 0.717) is 30.3 Å². The molecular weight excluding hydrogens is 422 g/mol. The summed E-state index contributed by atoms with van der Waals surface area (Å²) in [5.41, 5.74) is 10.9. The number of piperidine rings is 1. The van der Waals surface area contributed by atoms with Gasteiger partial charge in [0.2, 0.25) is 0 Å². The smallest absolute Gasteiger partial charge is 0.139 e. The topological polar surface area (TPSA) is 51.0 Å². The van der Waals surface area contributed by atoms with Crippen LogP contribution >= 0.6 is 11.6 Å². The number of methoxy groups -OCH3 is 1. The minimum atomic E-state index is 0.479. The standard InChI is InChI=1S/C26H36ClN3O2/c1-18-19(2)25(32-15-5-12-28)11-9-22(18)24-7-4-6-21-17-29(13-14-30(21)24)20-8-10-23(27)26(16-20)31-3/h8-11,16,21,24H,4-7,12-15,17,28H2,1-3H3/t21-,24?/m0/s1. The Labute approximate surface area is 197 Å². The van der Waals surface area contributed by atoms with Gasteiger partial charge in [0.05, 0.1) is 18.7 Å². The molecule has 32 heavy (non-hydrogen) atoms. The van der Waals surface area contributed by atoms with Crippen LogP contribution < -0.4 is 20.1 Å². The van der Waals surface area contributed by atoms with Crippen LogP contribution in [0, 0.1) is 13.8 Å². The van der Waals surface area contributed by atoms with Crippen LogP contribution in [0.2, 0.25) is 5.02 Å². The predicted octanol–water partition coefficient (Wildman–Crippen LogP) is 5.11. The molecule has 2 atom stereocenters. The third-order valence-electron chi connectivity index (χ3n) is 7.19. The fourth-order valence-electron chi connectivity index (χ4n) is 5.26. The van der Waals surface area contributed by atoms with E-state index in [4.69, 9.17) is 26.8 Å². The Morgan fingerprint density at radius 1 is 1.06 bits per heavy atom. The number of hydrogen-bond acceptors (Lipinski definition) is 5. The van der Waals surface area contributed by atoms with Crippen molar-refractivity contribution in [1.82, 2.24) is 4.90 Å². The van der Waals surface area contributed by atoms with E-state index in [1.807, 2.05) is 6.07 Å².